The predicted octanol–water partition coefficient (Wildman–Crippen LogP) is 1.26. The third-order valence-electron chi connectivity index (χ3n) is 6.28. The lowest BCUT2D eigenvalue weighted by Gasteiger charge is -2.48. The van der Waals surface area contributed by atoms with Crippen LogP contribution >= 0.6 is 0 Å². The molecule has 1 unspecified atom stereocenters. The van der Waals surface area contributed by atoms with E-state index < -0.39 is 0 Å². The van der Waals surface area contributed by atoms with Crippen molar-refractivity contribution in [2.75, 3.05) is 40.9 Å². The minimum absolute atomic E-state index is 0.0317. The summed E-state index contributed by atoms with van der Waals surface area (Å²) in [6.07, 6.45) is 2.90. The summed E-state index contributed by atoms with van der Waals surface area (Å²) >= 11 is 0. The predicted molar refractivity (Wildman–Crippen MR) is 104 cm³/mol. The fourth-order valence-corrected chi connectivity index (χ4v) is 4.60. The second-order valence-electron chi connectivity index (χ2n) is 8.50. The number of hydrogen-bond donors (Lipinski definition) is 1. The smallest absolute Gasteiger partial charge is 0.237 e. The van der Waals surface area contributed by atoms with Crippen molar-refractivity contribution in [1.29, 1.82) is 0 Å². The standard InChI is InChI=1S/C21H29N3O4/c1-23-11-21(12-24(13-21)20(26)14-4-5-14)9-17(23)19(25)22-10-15-6-7-16(27-2)8-18(15)28-3/h6-8,14,17H,4-5,9-13H2,1-3H3,(H,22,25). The number of amides is 2. The Morgan fingerprint density at radius 2 is 1.93 bits per heavy atom. The normalized spacial score (nSPS) is 23.4. The Bertz CT molecular complexity index is 771. The second kappa shape index (κ2) is 7.28. The van der Waals surface area contributed by atoms with Gasteiger partial charge in [0.25, 0.3) is 0 Å². The van der Waals surface area contributed by atoms with Crippen LogP contribution in [0.3, 0.4) is 0 Å². The molecular weight excluding hydrogens is 358 g/mol. The van der Waals surface area contributed by atoms with Crippen LogP contribution in [0, 0.1) is 11.3 Å². The molecule has 3 fully saturated rings. The number of benzene rings is 1. The molecule has 0 aromatic heterocycles. The van der Waals surface area contributed by atoms with Gasteiger partial charge in [0.15, 0.2) is 0 Å². The first kappa shape index (κ1) is 19.1. The van der Waals surface area contributed by atoms with Crippen molar-refractivity contribution >= 4 is 11.8 Å². The van der Waals surface area contributed by atoms with E-state index in [1.165, 1.54) is 0 Å². The first-order valence-electron chi connectivity index (χ1n) is 9.92. The van der Waals surface area contributed by atoms with E-state index in [4.69, 9.17) is 9.47 Å². The Balaban J connectivity index is 1.32. The van der Waals surface area contributed by atoms with Crippen molar-refractivity contribution < 1.29 is 19.1 Å². The fourth-order valence-electron chi connectivity index (χ4n) is 4.60. The Kier molecular flexibility index (Phi) is 4.95. The van der Waals surface area contributed by atoms with Gasteiger partial charge < -0.3 is 19.7 Å². The molecule has 2 amide bonds. The van der Waals surface area contributed by atoms with Crippen LogP contribution in [0.1, 0.15) is 24.8 Å². The number of methoxy groups -OCH3 is 2. The molecule has 1 aliphatic carbocycles. The molecule has 1 saturated carbocycles. The number of carbonyl (C=O) groups excluding carboxylic acids is 2. The molecule has 28 heavy (non-hydrogen) atoms. The Morgan fingerprint density at radius 3 is 2.57 bits per heavy atom. The van der Waals surface area contributed by atoms with E-state index in [0.29, 0.717) is 18.2 Å². The number of nitrogens with one attached hydrogen (secondary N) is 1. The van der Waals surface area contributed by atoms with Gasteiger partial charge in [0.05, 0.1) is 20.3 Å². The zero-order valence-corrected chi connectivity index (χ0v) is 16.9. The fraction of sp³-hybridized carbons (Fsp3) is 0.619. The lowest BCUT2D eigenvalue weighted by atomic mass is 9.77. The highest BCUT2D eigenvalue weighted by atomic mass is 16.5. The SMILES string of the molecule is COc1ccc(CNC(=O)C2CC3(CN(C(=O)C4CC4)C3)CN2C)c(OC)c1. The van der Waals surface area contributed by atoms with E-state index in [-0.39, 0.29) is 23.3 Å². The number of nitrogens with zero attached hydrogens (tertiary/aromatic N) is 2. The highest BCUT2D eigenvalue weighted by Crippen LogP contribution is 2.44. The van der Waals surface area contributed by atoms with Gasteiger partial charge in [-0.3, -0.25) is 14.5 Å². The van der Waals surface area contributed by atoms with Crippen molar-refractivity contribution in [3.8, 4) is 11.5 Å². The molecule has 0 radical (unpaired) electrons. The largest absolute Gasteiger partial charge is 0.497 e. The summed E-state index contributed by atoms with van der Waals surface area (Å²) in [4.78, 5) is 29.1. The summed E-state index contributed by atoms with van der Waals surface area (Å²) in [5.41, 5.74) is 0.996. The van der Waals surface area contributed by atoms with Crippen molar-refractivity contribution in [2.45, 2.75) is 31.8 Å². The summed E-state index contributed by atoms with van der Waals surface area (Å²) in [6.45, 7) is 2.87. The van der Waals surface area contributed by atoms with Crippen molar-refractivity contribution in [2.24, 2.45) is 11.3 Å². The Labute approximate surface area is 166 Å². The van der Waals surface area contributed by atoms with Crippen LogP contribution < -0.4 is 14.8 Å². The maximum atomic E-state index is 12.8. The average Bonchev–Trinajstić information content (AvgIpc) is 3.46. The van der Waals surface area contributed by atoms with Gasteiger partial charge in [-0.05, 0) is 38.4 Å². The molecule has 2 heterocycles. The van der Waals surface area contributed by atoms with E-state index in [1.54, 1.807) is 14.2 Å². The number of carbonyl (C=O) groups is 2. The zero-order chi connectivity index (χ0) is 19.9. The second-order valence-corrected chi connectivity index (χ2v) is 8.50. The molecule has 1 aromatic rings. The van der Waals surface area contributed by atoms with Crippen molar-refractivity contribution in [1.82, 2.24) is 15.1 Å². The molecule has 2 saturated heterocycles. The Morgan fingerprint density at radius 1 is 1.18 bits per heavy atom. The third kappa shape index (κ3) is 3.55. The Hall–Kier alpha value is -2.28. The molecule has 4 rings (SSSR count). The number of likely N-dealkylation sites (tertiary alicyclic amines) is 2. The van der Waals surface area contributed by atoms with E-state index in [2.05, 4.69) is 10.2 Å². The minimum atomic E-state index is -0.151. The van der Waals surface area contributed by atoms with Crippen LogP contribution in [0.2, 0.25) is 0 Å². The van der Waals surface area contributed by atoms with Crippen LogP contribution in [0.4, 0.5) is 0 Å². The molecule has 7 heteroatoms. The highest BCUT2D eigenvalue weighted by molar-refractivity contribution is 5.83. The van der Waals surface area contributed by atoms with E-state index in [1.807, 2.05) is 30.1 Å². The van der Waals surface area contributed by atoms with Gasteiger partial charge in [0.1, 0.15) is 11.5 Å². The van der Waals surface area contributed by atoms with E-state index in [9.17, 15) is 9.59 Å². The van der Waals surface area contributed by atoms with E-state index >= 15 is 0 Å². The molecular formula is C21H29N3O4. The van der Waals surface area contributed by atoms with Crippen LogP contribution in [0.25, 0.3) is 0 Å². The third-order valence-corrected chi connectivity index (χ3v) is 6.28. The summed E-state index contributed by atoms with van der Waals surface area (Å²) in [5.74, 6) is 2.04. The topological polar surface area (TPSA) is 71.1 Å². The van der Waals surface area contributed by atoms with Crippen LogP contribution in [0.15, 0.2) is 18.2 Å². The molecule has 7 nitrogen and oxygen atoms in total. The molecule has 3 aliphatic rings. The van der Waals surface area contributed by atoms with Gasteiger partial charge in [-0.25, -0.2) is 0 Å². The van der Waals surface area contributed by atoms with Gasteiger partial charge in [0.2, 0.25) is 11.8 Å². The van der Waals surface area contributed by atoms with Crippen molar-refractivity contribution in [3.63, 3.8) is 0 Å². The van der Waals surface area contributed by atoms with E-state index in [0.717, 1.165) is 50.2 Å². The minimum Gasteiger partial charge on any atom is -0.497 e. The summed E-state index contributed by atoms with van der Waals surface area (Å²) in [6, 6.07) is 5.44. The maximum absolute atomic E-state index is 12.8. The lowest BCUT2D eigenvalue weighted by molar-refractivity contribution is -0.144. The molecule has 1 aromatic carbocycles. The van der Waals surface area contributed by atoms with Gasteiger partial charge >= 0.3 is 0 Å². The first-order chi connectivity index (χ1) is 13.4. The molecule has 0 bridgehead atoms. The zero-order valence-electron chi connectivity index (χ0n) is 16.9. The number of hydrogen-bond acceptors (Lipinski definition) is 5. The number of likely N-dealkylation sites (N-methyl/N-ethyl adjacent to an activating group) is 1. The quantitative estimate of drug-likeness (QED) is 0.796. The van der Waals surface area contributed by atoms with Crippen LogP contribution in [0.5, 0.6) is 11.5 Å². The van der Waals surface area contributed by atoms with Gasteiger partial charge in [0, 0.05) is 49.1 Å². The van der Waals surface area contributed by atoms with Gasteiger partial charge in [-0.2, -0.15) is 0 Å². The lowest BCUT2D eigenvalue weighted by Crippen LogP contribution is -2.59. The summed E-state index contributed by atoms with van der Waals surface area (Å²) < 4.78 is 10.6. The van der Waals surface area contributed by atoms with Crippen molar-refractivity contribution in [3.05, 3.63) is 23.8 Å². The monoisotopic (exact) mass is 387 g/mol. The maximum Gasteiger partial charge on any atom is 0.237 e. The summed E-state index contributed by atoms with van der Waals surface area (Å²) in [5, 5.41) is 3.05. The molecule has 1 atom stereocenters. The molecule has 152 valence electrons. The van der Waals surface area contributed by atoms with Crippen LogP contribution in [-0.4, -0.2) is 68.6 Å². The first-order valence-corrected chi connectivity index (χ1v) is 9.92. The number of rotatable bonds is 6. The molecule has 2 aliphatic heterocycles. The number of ether oxygens (including phenoxy) is 2. The highest BCUT2D eigenvalue weighted by Gasteiger charge is 2.54. The van der Waals surface area contributed by atoms with Gasteiger partial charge in [-0.15, -0.1) is 0 Å². The summed E-state index contributed by atoms with van der Waals surface area (Å²) in [7, 11) is 5.22. The molecule has 1 spiro atoms. The average molecular weight is 387 g/mol. The van der Waals surface area contributed by atoms with Crippen LogP contribution in [-0.2, 0) is 16.1 Å². The van der Waals surface area contributed by atoms with Gasteiger partial charge in [-0.1, -0.05) is 0 Å². The molecule has 1 N–H and O–H groups in total.